The van der Waals surface area contributed by atoms with Gasteiger partial charge in [0.2, 0.25) is 0 Å². The number of ether oxygens (including phenoxy) is 1. The minimum absolute atomic E-state index is 0.166. The van der Waals surface area contributed by atoms with E-state index in [1.165, 1.54) is 30.8 Å². The summed E-state index contributed by atoms with van der Waals surface area (Å²) in [6, 6.07) is 0.646. The van der Waals surface area contributed by atoms with Crippen molar-refractivity contribution in [3.8, 4) is 0 Å². The minimum Gasteiger partial charge on any atom is -0.375 e. The van der Waals surface area contributed by atoms with Gasteiger partial charge in [-0.2, -0.15) is 11.8 Å². The largest absolute Gasteiger partial charge is 0.375 e. The summed E-state index contributed by atoms with van der Waals surface area (Å²) in [5.74, 6) is 3.19. The van der Waals surface area contributed by atoms with E-state index in [1.54, 1.807) is 0 Å². The molecule has 19 heavy (non-hydrogen) atoms. The van der Waals surface area contributed by atoms with Crippen LogP contribution in [0, 0.1) is 5.92 Å². The van der Waals surface area contributed by atoms with Crippen molar-refractivity contribution in [1.82, 2.24) is 4.90 Å². The van der Waals surface area contributed by atoms with Crippen molar-refractivity contribution in [1.29, 1.82) is 0 Å². The normalized spacial score (nSPS) is 36.6. The number of piperidine rings is 1. The van der Waals surface area contributed by atoms with E-state index >= 15 is 0 Å². The molecular formula is C15H25NO2S. The zero-order valence-corrected chi connectivity index (χ0v) is 12.7. The van der Waals surface area contributed by atoms with Gasteiger partial charge in [-0.25, -0.2) is 0 Å². The van der Waals surface area contributed by atoms with Crippen LogP contribution in [0.3, 0.4) is 0 Å². The third-order valence-corrected chi connectivity index (χ3v) is 6.08. The van der Waals surface area contributed by atoms with Crippen LogP contribution >= 0.6 is 11.8 Å². The highest BCUT2D eigenvalue weighted by atomic mass is 32.2. The van der Waals surface area contributed by atoms with Gasteiger partial charge < -0.3 is 4.74 Å². The van der Waals surface area contributed by atoms with Crippen LogP contribution in [0.2, 0.25) is 0 Å². The van der Waals surface area contributed by atoms with E-state index in [-0.39, 0.29) is 11.5 Å². The summed E-state index contributed by atoms with van der Waals surface area (Å²) < 4.78 is 6.17. The van der Waals surface area contributed by atoms with Gasteiger partial charge in [0.05, 0.1) is 5.60 Å². The van der Waals surface area contributed by atoms with Crippen LogP contribution in [0.15, 0.2) is 0 Å². The first-order chi connectivity index (χ1) is 9.19. The Bertz CT molecular complexity index is 336. The van der Waals surface area contributed by atoms with Crippen molar-refractivity contribution in [2.75, 3.05) is 31.2 Å². The molecule has 0 aromatic carbocycles. The van der Waals surface area contributed by atoms with E-state index in [9.17, 15) is 4.79 Å². The predicted octanol–water partition coefficient (Wildman–Crippen LogP) is 2.34. The molecular weight excluding hydrogens is 258 g/mol. The molecule has 108 valence electrons. The third kappa shape index (κ3) is 3.01. The lowest BCUT2D eigenvalue weighted by Gasteiger charge is -2.47. The summed E-state index contributed by atoms with van der Waals surface area (Å²) >= 11 is 2.06. The average molecular weight is 283 g/mol. The maximum Gasteiger partial charge on any atom is 0.138 e. The van der Waals surface area contributed by atoms with E-state index in [1.807, 2.05) is 0 Å². The van der Waals surface area contributed by atoms with Crippen molar-refractivity contribution >= 4 is 17.5 Å². The predicted molar refractivity (Wildman–Crippen MR) is 78.6 cm³/mol. The second kappa shape index (κ2) is 5.74. The first kappa shape index (κ1) is 13.9. The second-order valence-electron chi connectivity index (χ2n) is 6.40. The van der Waals surface area contributed by atoms with Crippen LogP contribution in [-0.2, 0) is 9.53 Å². The maximum absolute atomic E-state index is 11.7. The van der Waals surface area contributed by atoms with Gasteiger partial charge in [0.15, 0.2) is 0 Å². The zero-order chi connectivity index (χ0) is 13.3. The molecule has 0 aromatic heterocycles. The van der Waals surface area contributed by atoms with E-state index in [4.69, 9.17) is 4.74 Å². The molecule has 3 heterocycles. The first-order valence-electron chi connectivity index (χ1n) is 7.67. The van der Waals surface area contributed by atoms with Gasteiger partial charge in [-0.05, 0) is 37.2 Å². The number of nitrogens with zero attached hydrogens (tertiary/aromatic N) is 1. The fourth-order valence-electron chi connectivity index (χ4n) is 3.78. The topological polar surface area (TPSA) is 29.5 Å². The van der Waals surface area contributed by atoms with Gasteiger partial charge in [0.1, 0.15) is 5.78 Å². The van der Waals surface area contributed by atoms with Crippen molar-refractivity contribution < 1.29 is 9.53 Å². The van der Waals surface area contributed by atoms with Crippen LogP contribution < -0.4 is 0 Å². The Morgan fingerprint density at radius 2 is 2.16 bits per heavy atom. The van der Waals surface area contributed by atoms with Gasteiger partial charge in [-0.3, -0.25) is 9.69 Å². The number of likely N-dealkylation sites (tertiary alicyclic amines) is 1. The molecule has 3 saturated heterocycles. The van der Waals surface area contributed by atoms with Crippen LogP contribution in [0.1, 0.15) is 39.0 Å². The number of Topliss-reactive ketones (excluding diaryl/α,β-unsaturated/α-hetero) is 1. The summed E-state index contributed by atoms with van der Waals surface area (Å²) in [7, 11) is 0. The van der Waals surface area contributed by atoms with E-state index in [0.717, 1.165) is 32.5 Å². The molecule has 0 aromatic rings. The number of hydrogen-bond acceptors (Lipinski definition) is 4. The highest BCUT2D eigenvalue weighted by molar-refractivity contribution is 7.99. The number of ketones is 1. The van der Waals surface area contributed by atoms with Crippen LogP contribution in [-0.4, -0.2) is 53.5 Å². The standard InChI is InChI=1S/C15H25NO2S/c1-12-11-16(6-2-14(12)17)13-3-7-18-15(10-13)4-8-19-9-5-15/h12-13H,2-11H2,1H3. The SMILES string of the molecule is CC1CN(C2CCOC3(CCSCC3)C2)CCC1=O. The zero-order valence-electron chi connectivity index (χ0n) is 11.9. The van der Waals surface area contributed by atoms with Gasteiger partial charge in [0, 0.05) is 38.1 Å². The molecule has 0 aliphatic carbocycles. The molecule has 0 amide bonds. The number of carbonyl (C=O) groups is 1. The highest BCUT2D eigenvalue weighted by Gasteiger charge is 2.41. The Morgan fingerprint density at radius 1 is 1.37 bits per heavy atom. The monoisotopic (exact) mass is 283 g/mol. The van der Waals surface area contributed by atoms with E-state index in [2.05, 4.69) is 23.6 Å². The summed E-state index contributed by atoms with van der Waals surface area (Å²) in [5.41, 5.74) is 0.166. The lowest BCUT2D eigenvalue weighted by Crippen LogP contribution is -2.53. The Kier molecular flexibility index (Phi) is 4.20. The Labute approximate surface area is 120 Å². The average Bonchev–Trinajstić information content (AvgIpc) is 2.43. The minimum atomic E-state index is 0.166. The molecule has 0 N–H and O–H groups in total. The summed E-state index contributed by atoms with van der Waals surface area (Å²) in [5, 5.41) is 0. The molecule has 1 spiro atoms. The van der Waals surface area contributed by atoms with Crippen molar-refractivity contribution in [3.05, 3.63) is 0 Å². The smallest absolute Gasteiger partial charge is 0.138 e. The number of rotatable bonds is 1. The van der Waals surface area contributed by atoms with Gasteiger partial charge in [-0.15, -0.1) is 0 Å². The van der Waals surface area contributed by atoms with Crippen molar-refractivity contribution in [2.45, 2.75) is 50.7 Å². The molecule has 3 rings (SSSR count). The highest BCUT2D eigenvalue weighted by Crippen LogP contribution is 2.39. The molecule has 0 bridgehead atoms. The number of hydrogen-bond donors (Lipinski definition) is 0. The first-order valence-corrected chi connectivity index (χ1v) is 8.82. The number of carbonyl (C=O) groups excluding carboxylic acids is 1. The van der Waals surface area contributed by atoms with E-state index < -0.39 is 0 Å². The lowest BCUT2D eigenvalue weighted by atomic mass is 9.83. The van der Waals surface area contributed by atoms with Crippen LogP contribution in [0.25, 0.3) is 0 Å². The van der Waals surface area contributed by atoms with Gasteiger partial charge in [0.25, 0.3) is 0 Å². The fourth-order valence-corrected chi connectivity index (χ4v) is 5.02. The van der Waals surface area contributed by atoms with Gasteiger partial charge in [-0.1, -0.05) is 6.92 Å². The second-order valence-corrected chi connectivity index (χ2v) is 7.63. The molecule has 0 radical (unpaired) electrons. The Hall–Kier alpha value is -0.0600. The van der Waals surface area contributed by atoms with E-state index in [0.29, 0.717) is 11.8 Å². The molecule has 3 fully saturated rings. The quantitative estimate of drug-likeness (QED) is 0.739. The molecule has 0 saturated carbocycles. The van der Waals surface area contributed by atoms with Crippen molar-refractivity contribution in [2.24, 2.45) is 5.92 Å². The molecule has 3 nitrogen and oxygen atoms in total. The number of thioether (sulfide) groups is 1. The Balaban J connectivity index is 1.63. The Morgan fingerprint density at radius 3 is 2.89 bits per heavy atom. The molecule has 2 atom stereocenters. The van der Waals surface area contributed by atoms with Crippen molar-refractivity contribution in [3.63, 3.8) is 0 Å². The fraction of sp³-hybridized carbons (Fsp3) is 0.933. The van der Waals surface area contributed by atoms with Gasteiger partial charge >= 0.3 is 0 Å². The third-order valence-electron chi connectivity index (χ3n) is 5.09. The lowest BCUT2D eigenvalue weighted by molar-refractivity contribution is -0.131. The summed E-state index contributed by atoms with van der Waals surface area (Å²) in [6.45, 7) is 4.93. The molecule has 3 aliphatic rings. The molecule has 2 unspecified atom stereocenters. The van der Waals surface area contributed by atoms with Crippen LogP contribution in [0.5, 0.6) is 0 Å². The molecule has 4 heteroatoms. The maximum atomic E-state index is 11.7. The molecule has 3 aliphatic heterocycles. The summed E-state index contributed by atoms with van der Waals surface area (Å²) in [6.07, 6.45) is 5.53. The van der Waals surface area contributed by atoms with Crippen LogP contribution in [0.4, 0.5) is 0 Å². The summed E-state index contributed by atoms with van der Waals surface area (Å²) in [4.78, 5) is 14.2.